The minimum Gasteiger partial charge on any atom is -0.465 e. The van der Waals surface area contributed by atoms with Gasteiger partial charge in [-0.25, -0.2) is 10.2 Å². The van der Waals surface area contributed by atoms with E-state index in [2.05, 4.69) is 20.6 Å². The maximum absolute atomic E-state index is 12.4. The average molecular weight is 389 g/mol. The Labute approximate surface area is 167 Å². The maximum atomic E-state index is 12.4. The van der Waals surface area contributed by atoms with Crippen LogP contribution in [0.1, 0.15) is 26.3 Å². The van der Waals surface area contributed by atoms with E-state index in [0.717, 1.165) is 10.8 Å². The van der Waals surface area contributed by atoms with E-state index in [4.69, 9.17) is 0 Å². The van der Waals surface area contributed by atoms with E-state index in [9.17, 15) is 14.4 Å². The predicted molar refractivity (Wildman–Crippen MR) is 110 cm³/mol. The van der Waals surface area contributed by atoms with E-state index in [1.54, 1.807) is 36.4 Å². The van der Waals surface area contributed by atoms with Gasteiger partial charge in [0.2, 0.25) is 0 Å². The van der Waals surface area contributed by atoms with Gasteiger partial charge in [0.05, 0.1) is 25.4 Å². The van der Waals surface area contributed by atoms with Gasteiger partial charge in [-0.1, -0.05) is 48.5 Å². The topological polar surface area (TPSA) is 96.9 Å². The Morgan fingerprint density at radius 3 is 2.45 bits per heavy atom. The summed E-state index contributed by atoms with van der Waals surface area (Å²) >= 11 is 0. The molecule has 3 rings (SSSR count). The molecule has 3 aromatic carbocycles. The van der Waals surface area contributed by atoms with Crippen LogP contribution in [0.2, 0.25) is 0 Å². The number of benzene rings is 3. The molecule has 0 atom stereocenters. The van der Waals surface area contributed by atoms with Gasteiger partial charge in [0.25, 0.3) is 11.8 Å². The van der Waals surface area contributed by atoms with Crippen molar-refractivity contribution >= 4 is 34.8 Å². The fourth-order valence-corrected chi connectivity index (χ4v) is 2.72. The maximum Gasteiger partial charge on any atom is 0.337 e. The lowest BCUT2D eigenvalue weighted by Gasteiger charge is -2.07. The zero-order valence-electron chi connectivity index (χ0n) is 15.7. The Kier molecular flexibility index (Phi) is 6.32. The van der Waals surface area contributed by atoms with Crippen LogP contribution in [0, 0.1) is 0 Å². The summed E-state index contributed by atoms with van der Waals surface area (Å²) in [6.45, 7) is -0.208. The molecule has 146 valence electrons. The molecule has 0 saturated heterocycles. The van der Waals surface area contributed by atoms with Gasteiger partial charge in [0, 0.05) is 5.56 Å². The van der Waals surface area contributed by atoms with E-state index < -0.39 is 11.9 Å². The van der Waals surface area contributed by atoms with Crippen molar-refractivity contribution in [2.24, 2.45) is 5.10 Å². The first-order valence-electron chi connectivity index (χ1n) is 8.85. The van der Waals surface area contributed by atoms with E-state index in [-0.39, 0.29) is 12.5 Å². The van der Waals surface area contributed by atoms with Crippen LogP contribution in [0.3, 0.4) is 0 Å². The number of methoxy groups -OCH3 is 1. The van der Waals surface area contributed by atoms with Crippen molar-refractivity contribution in [1.29, 1.82) is 0 Å². The molecule has 2 N–H and O–H groups in total. The number of hydrogen-bond acceptors (Lipinski definition) is 5. The first kappa shape index (κ1) is 19.8. The molecule has 2 amide bonds. The van der Waals surface area contributed by atoms with E-state index in [1.807, 2.05) is 30.3 Å². The Balaban J connectivity index is 1.52. The van der Waals surface area contributed by atoms with Crippen molar-refractivity contribution in [2.45, 2.75) is 0 Å². The molecule has 0 spiro atoms. The minimum absolute atomic E-state index is 0.208. The van der Waals surface area contributed by atoms with Gasteiger partial charge in [0.1, 0.15) is 0 Å². The summed E-state index contributed by atoms with van der Waals surface area (Å²) in [5, 5.41) is 8.21. The fraction of sp³-hybridized carbons (Fsp3) is 0.0909. The number of rotatable bonds is 6. The quantitative estimate of drug-likeness (QED) is 0.385. The second kappa shape index (κ2) is 9.27. The summed E-state index contributed by atoms with van der Waals surface area (Å²) in [7, 11) is 1.31. The highest BCUT2D eigenvalue weighted by molar-refractivity contribution is 6.07. The van der Waals surface area contributed by atoms with Gasteiger partial charge in [-0.3, -0.25) is 9.59 Å². The van der Waals surface area contributed by atoms with Crippen molar-refractivity contribution in [2.75, 3.05) is 13.7 Å². The normalized spacial score (nSPS) is 10.7. The Morgan fingerprint density at radius 1 is 0.966 bits per heavy atom. The molecule has 0 heterocycles. The highest BCUT2D eigenvalue weighted by atomic mass is 16.5. The molecular weight excluding hydrogens is 370 g/mol. The first-order valence-corrected chi connectivity index (χ1v) is 8.85. The van der Waals surface area contributed by atoms with Gasteiger partial charge in [0.15, 0.2) is 0 Å². The molecule has 0 bridgehead atoms. The van der Waals surface area contributed by atoms with Gasteiger partial charge in [-0.15, -0.1) is 0 Å². The zero-order valence-corrected chi connectivity index (χ0v) is 15.7. The van der Waals surface area contributed by atoms with Crippen molar-refractivity contribution in [3.8, 4) is 0 Å². The summed E-state index contributed by atoms with van der Waals surface area (Å²) in [6, 6.07) is 19.5. The van der Waals surface area contributed by atoms with E-state index in [1.165, 1.54) is 13.3 Å². The summed E-state index contributed by atoms with van der Waals surface area (Å²) < 4.78 is 4.63. The van der Waals surface area contributed by atoms with Gasteiger partial charge < -0.3 is 10.1 Å². The Morgan fingerprint density at radius 2 is 1.69 bits per heavy atom. The fourth-order valence-electron chi connectivity index (χ4n) is 2.72. The molecule has 0 aliphatic heterocycles. The number of hydrogen-bond donors (Lipinski definition) is 2. The average Bonchev–Trinajstić information content (AvgIpc) is 2.77. The highest BCUT2D eigenvalue weighted by Crippen LogP contribution is 2.18. The number of nitrogens with one attached hydrogen (secondary N) is 2. The number of fused-ring (bicyclic) bond motifs is 1. The smallest absolute Gasteiger partial charge is 0.337 e. The molecule has 3 aromatic rings. The minimum atomic E-state index is -0.457. The molecule has 29 heavy (non-hydrogen) atoms. The molecule has 0 saturated carbocycles. The predicted octanol–water partition coefficient (Wildman–Crippen LogP) is 2.51. The number of hydrazone groups is 1. The number of nitrogens with zero attached hydrogens (tertiary/aromatic N) is 1. The van der Waals surface area contributed by atoms with Gasteiger partial charge in [-0.2, -0.15) is 5.10 Å². The van der Waals surface area contributed by atoms with Crippen molar-refractivity contribution in [1.82, 2.24) is 10.7 Å². The summed E-state index contributed by atoms with van der Waals surface area (Å²) in [5.41, 5.74) is 3.97. The largest absolute Gasteiger partial charge is 0.465 e. The summed E-state index contributed by atoms with van der Waals surface area (Å²) in [4.78, 5) is 35.7. The monoisotopic (exact) mass is 389 g/mol. The third-order valence-electron chi connectivity index (χ3n) is 4.18. The van der Waals surface area contributed by atoms with E-state index in [0.29, 0.717) is 16.7 Å². The second-order valence-corrected chi connectivity index (χ2v) is 6.12. The lowest BCUT2D eigenvalue weighted by molar-refractivity contribution is -0.120. The van der Waals surface area contributed by atoms with Crippen LogP contribution in [0.5, 0.6) is 0 Å². The Bertz CT molecular complexity index is 1070. The zero-order chi connectivity index (χ0) is 20.6. The lowest BCUT2D eigenvalue weighted by atomic mass is 10.0. The lowest BCUT2D eigenvalue weighted by Crippen LogP contribution is -2.35. The number of carbonyl (C=O) groups excluding carboxylic acids is 3. The van der Waals surface area contributed by atoms with Crippen LogP contribution in [-0.2, 0) is 9.53 Å². The molecular formula is C22H19N3O4. The molecule has 0 radical (unpaired) electrons. The highest BCUT2D eigenvalue weighted by Gasteiger charge is 2.10. The Hall–Kier alpha value is -4.00. The van der Waals surface area contributed by atoms with Crippen LogP contribution in [0.4, 0.5) is 0 Å². The second-order valence-electron chi connectivity index (χ2n) is 6.12. The molecule has 0 aliphatic rings. The van der Waals surface area contributed by atoms with Crippen LogP contribution in [0.15, 0.2) is 71.8 Å². The van der Waals surface area contributed by atoms with E-state index >= 15 is 0 Å². The third-order valence-corrected chi connectivity index (χ3v) is 4.18. The van der Waals surface area contributed by atoms with Crippen LogP contribution < -0.4 is 10.7 Å². The van der Waals surface area contributed by atoms with Crippen LogP contribution in [0.25, 0.3) is 10.8 Å². The van der Waals surface area contributed by atoms with Crippen LogP contribution >= 0.6 is 0 Å². The number of amides is 2. The first-order chi connectivity index (χ1) is 14.1. The summed E-state index contributed by atoms with van der Waals surface area (Å²) in [5.74, 6) is -1.22. The van der Waals surface area contributed by atoms with Gasteiger partial charge in [-0.05, 0) is 34.5 Å². The number of esters is 1. The van der Waals surface area contributed by atoms with Crippen molar-refractivity contribution < 1.29 is 19.1 Å². The summed E-state index contributed by atoms with van der Waals surface area (Å²) in [6.07, 6.45) is 1.44. The van der Waals surface area contributed by atoms with Gasteiger partial charge >= 0.3 is 5.97 Å². The van der Waals surface area contributed by atoms with Crippen LogP contribution in [-0.4, -0.2) is 37.7 Å². The van der Waals surface area contributed by atoms with Crippen molar-refractivity contribution in [3.63, 3.8) is 0 Å². The molecule has 0 fully saturated rings. The van der Waals surface area contributed by atoms with Crippen molar-refractivity contribution in [3.05, 3.63) is 83.4 Å². The molecule has 7 nitrogen and oxygen atoms in total. The number of carbonyl (C=O) groups is 3. The molecule has 0 unspecified atom stereocenters. The molecule has 0 aromatic heterocycles. The third kappa shape index (κ3) is 5.04. The standard InChI is InChI=1S/C22H19N3O4/c1-29-22(28)17-11-9-15(10-12-17)13-24-25-20(26)14-23-21(27)19-8-4-6-16-5-2-3-7-18(16)19/h2-13H,14H2,1H3,(H,23,27)(H,25,26)/b24-13+. The molecule has 7 heteroatoms. The number of ether oxygens (including phenoxy) is 1. The SMILES string of the molecule is COC(=O)c1ccc(/C=N/NC(=O)CNC(=O)c2cccc3ccccc23)cc1. The molecule has 0 aliphatic carbocycles.